The van der Waals surface area contributed by atoms with Crippen molar-refractivity contribution in [3.63, 3.8) is 0 Å². The number of nitrogens with zero attached hydrogens (tertiary/aromatic N) is 2. The number of benzene rings is 1. The second-order valence-electron chi connectivity index (χ2n) is 7.56. The maximum atomic E-state index is 12.4. The zero-order chi connectivity index (χ0) is 21.3. The third-order valence-electron chi connectivity index (χ3n) is 5.28. The minimum atomic E-state index is -0.169. The summed E-state index contributed by atoms with van der Waals surface area (Å²) >= 11 is 1.54. The van der Waals surface area contributed by atoms with E-state index >= 15 is 0 Å². The number of ether oxygens (including phenoxy) is 1. The van der Waals surface area contributed by atoms with Gasteiger partial charge in [-0.15, -0.1) is 11.3 Å². The summed E-state index contributed by atoms with van der Waals surface area (Å²) in [5, 5.41) is 3.50. The smallest absolute Gasteiger partial charge is 0.226 e. The van der Waals surface area contributed by atoms with Gasteiger partial charge in [0, 0.05) is 42.8 Å². The van der Waals surface area contributed by atoms with Gasteiger partial charge in [0.15, 0.2) is 10.9 Å². The molecule has 30 heavy (non-hydrogen) atoms. The summed E-state index contributed by atoms with van der Waals surface area (Å²) in [6.45, 7) is 7.93. The maximum absolute atomic E-state index is 12.4. The minimum absolute atomic E-state index is 0.0419. The topological polar surface area (TPSA) is 71.5 Å². The number of thiazole rings is 1. The molecule has 0 unspecified atom stereocenters. The van der Waals surface area contributed by atoms with Gasteiger partial charge in [0.1, 0.15) is 5.75 Å². The van der Waals surface area contributed by atoms with E-state index in [-0.39, 0.29) is 24.5 Å². The normalized spacial score (nSPS) is 13.7. The van der Waals surface area contributed by atoms with Gasteiger partial charge in [0.25, 0.3) is 0 Å². The first kappa shape index (κ1) is 22.4. The highest BCUT2D eigenvalue weighted by Crippen LogP contribution is 2.28. The maximum Gasteiger partial charge on any atom is 0.226 e. The van der Waals surface area contributed by atoms with Crippen LogP contribution < -0.4 is 10.1 Å². The number of anilines is 1. The summed E-state index contributed by atoms with van der Waals surface area (Å²) < 4.78 is 5.67. The van der Waals surface area contributed by atoms with Crippen LogP contribution in [-0.2, 0) is 17.8 Å². The van der Waals surface area contributed by atoms with Gasteiger partial charge in [-0.05, 0) is 37.2 Å². The van der Waals surface area contributed by atoms with E-state index in [0.29, 0.717) is 17.3 Å². The van der Waals surface area contributed by atoms with Crippen LogP contribution in [0.4, 0.5) is 5.13 Å². The molecule has 1 amide bonds. The lowest BCUT2D eigenvalue weighted by Crippen LogP contribution is -2.29. The highest BCUT2D eigenvalue weighted by molar-refractivity contribution is 7.15. The van der Waals surface area contributed by atoms with Crippen molar-refractivity contribution in [1.82, 2.24) is 9.88 Å². The molecule has 6 nitrogen and oxygen atoms in total. The molecule has 0 spiro atoms. The van der Waals surface area contributed by atoms with E-state index in [1.54, 1.807) is 23.5 Å². The lowest BCUT2D eigenvalue weighted by molar-refractivity contribution is -0.116. The molecule has 1 N–H and O–H groups in total. The largest absolute Gasteiger partial charge is 0.494 e. The average Bonchev–Trinajstić information content (AvgIpc) is 3.16. The van der Waals surface area contributed by atoms with Crippen molar-refractivity contribution in [2.75, 3.05) is 25.0 Å². The van der Waals surface area contributed by atoms with Gasteiger partial charge in [-0.25, -0.2) is 4.98 Å². The van der Waals surface area contributed by atoms with E-state index in [2.05, 4.69) is 29.0 Å². The fourth-order valence-corrected chi connectivity index (χ4v) is 4.47. The Labute approximate surface area is 182 Å². The number of rotatable bonds is 11. The van der Waals surface area contributed by atoms with Gasteiger partial charge in [-0.2, -0.15) is 0 Å². The van der Waals surface area contributed by atoms with Crippen LogP contribution in [0.3, 0.4) is 0 Å². The van der Waals surface area contributed by atoms with Crippen LogP contribution in [0, 0.1) is 0 Å². The number of Topliss-reactive ketones (excluding diaryl/α,β-unsaturated/α-hetero) is 1. The van der Waals surface area contributed by atoms with Gasteiger partial charge < -0.3 is 10.1 Å². The van der Waals surface area contributed by atoms with E-state index in [4.69, 9.17) is 4.74 Å². The fourth-order valence-electron chi connectivity index (χ4n) is 3.40. The van der Waals surface area contributed by atoms with Crippen molar-refractivity contribution in [3.05, 3.63) is 40.4 Å². The van der Waals surface area contributed by atoms with E-state index < -0.39 is 0 Å². The standard InChI is InChI=1S/C23H31N3O3S/c1-3-5-6-15-29-18-9-7-17(8-10-18)20(27)11-12-22(28)25-23-24-19-13-14-26(4-2)16-21(19)30-23/h7-10H,3-6,11-16H2,1-2H3,(H,24,25,28). The first-order valence-electron chi connectivity index (χ1n) is 10.9. The van der Waals surface area contributed by atoms with Crippen LogP contribution in [0.2, 0.25) is 0 Å². The minimum Gasteiger partial charge on any atom is -0.494 e. The van der Waals surface area contributed by atoms with E-state index in [1.807, 2.05) is 12.1 Å². The Morgan fingerprint density at radius 3 is 2.70 bits per heavy atom. The molecule has 1 aromatic heterocycles. The molecule has 1 aliphatic rings. The van der Waals surface area contributed by atoms with Crippen LogP contribution in [0.5, 0.6) is 5.75 Å². The van der Waals surface area contributed by atoms with Crippen LogP contribution >= 0.6 is 11.3 Å². The quantitative estimate of drug-likeness (QED) is 0.414. The van der Waals surface area contributed by atoms with E-state index in [9.17, 15) is 9.59 Å². The lowest BCUT2D eigenvalue weighted by Gasteiger charge is -2.23. The Kier molecular flexibility index (Phi) is 8.39. The molecule has 0 atom stereocenters. The summed E-state index contributed by atoms with van der Waals surface area (Å²) in [6.07, 6.45) is 4.60. The first-order valence-corrected chi connectivity index (χ1v) is 11.7. The second-order valence-corrected chi connectivity index (χ2v) is 8.64. The van der Waals surface area contributed by atoms with Crippen LogP contribution in [0.25, 0.3) is 0 Å². The zero-order valence-corrected chi connectivity index (χ0v) is 18.7. The van der Waals surface area contributed by atoms with Crippen LogP contribution in [0.1, 0.15) is 66.9 Å². The first-order chi connectivity index (χ1) is 14.6. The van der Waals surface area contributed by atoms with Crippen molar-refractivity contribution < 1.29 is 14.3 Å². The number of carbonyl (C=O) groups excluding carboxylic acids is 2. The Hall–Kier alpha value is -2.25. The molecule has 1 aromatic carbocycles. The van der Waals surface area contributed by atoms with Gasteiger partial charge in [0.05, 0.1) is 12.3 Å². The van der Waals surface area contributed by atoms with Crippen LogP contribution in [-0.4, -0.2) is 41.3 Å². The Morgan fingerprint density at radius 2 is 1.97 bits per heavy atom. The molecule has 7 heteroatoms. The highest BCUT2D eigenvalue weighted by atomic mass is 32.1. The summed E-state index contributed by atoms with van der Waals surface area (Å²) in [5.74, 6) is 0.562. The number of carbonyl (C=O) groups is 2. The summed E-state index contributed by atoms with van der Waals surface area (Å²) in [5.41, 5.74) is 1.70. The number of fused-ring (bicyclic) bond motifs is 1. The van der Waals surface area contributed by atoms with Crippen molar-refractivity contribution in [1.29, 1.82) is 0 Å². The van der Waals surface area contributed by atoms with Gasteiger partial charge >= 0.3 is 0 Å². The molecular formula is C23H31N3O3S. The third kappa shape index (κ3) is 6.37. The number of hydrogen-bond donors (Lipinski definition) is 1. The van der Waals surface area contributed by atoms with Gasteiger partial charge in [-0.1, -0.05) is 26.7 Å². The molecule has 0 saturated heterocycles. The molecule has 1 aliphatic heterocycles. The van der Waals surface area contributed by atoms with Crippen molar-refractivity contribution in [2.45, 2.75) is 58.9 Å². The van der Waals surface area contributed by atoms with E-state index in [1.165, 1.54) is 4.88 Å². The SMILES string of the molecule is CCCCCOc1ccc(C(=O)CCC(=O)Nc2nc3c(s2)CN(CC)CC3)cc1. The third-order valence-corrected chi connectivity index (χ3v) is 6.27. The molecule has 0 bridgehead atoms. The molecule has 2 heterocycles. The fraction of sp³-hybridized carbons (Fsp3) is 0.522. The zero-order valence-electron chi connectivity index (χ0n) is 17.9. The molecule has 3 rings (SSSR count). The Balaban J connectivity index is 1.43. The molecule has 0 radical (unpaired) electrons. The van der Waals surface area contributed by atoms with Gasteiger partial charge in [0.2, 0.25) is 5.91 Å². The summed E-state index contributed by atoms with van der Waals surface area (Å²) in [4.78, 5) is 32.8. The predicted octanol–water partition coefficient (Wildman–Crippen LogP) is 4.69. The Bertz CT molecular complexity index is 848. The summed E-state index contributed by atoms with van der Waals surface area (Å²) in [7, 11) is 0. The highest BCUT2D eigenvalue weighted by Gasteiger charge is 2.20. The number of nitrogens with one attached hydrogen (secondary N) is 1. The number of unbranched alkanes of at least 4 members (excludes halogenated alkanes) is 2. The monoisotopic (exact) mass is 429 g/mol. The van der Waals surface area contributed by atoms with Crippen molar-refractivity contribution in [2.24, 2.45) is 0 Å². The second kappa shape index (κ2) is 11.2. The number of amides is 1. The number of likely N-dealkylation sites (N-methyl/N-ethyl adjacent to an activating group) is 1. The molecule has 0 aliphatic carbocycles. The Morgan fingerprint density at radius 1 is 1.17 bits per heavy atom. The van der Waals surface area contributed by atoms with Crippen molar-refractivity contribution >= 4 is 28.2 Å². The molecule has 0 saturated carbocycles. The van der Waals surface area contributed by atoms with Crippen molar-refractivity contribution in [3.8, 4) is 5.75 Å². The number of hydrogen-bond acceptors (Lipinski definition) is 6. The summed E-state index contributed by atoms with van der Waals surface area (Å²) in [6, 6.07) is 7.17. The van der Waals surface area contributed by atoms with Crippen LogP contribution in [0.15, 0.2) is 24.3 Å². The molecule has 162 valence electrons. The van der Waals surface area contributed by atoms with E-state index in [0.717, 1.165) is 56.8 Å². The van der Waals surface area contributed by atoms with Gasteiger partial charge in [-0.3, -0.25) is 14.5 Å². The number of aromatic nitrogens is 1. The number of ketones is 1. The average molecular weight is 430 g/mol. The molecule has 2 aromatic rings. The molecular weight excluding hydrogens is 398 g/mol. The molecule has 0 fully saturated rings. The predicted molar refractivity (Wildman–Crippen MR) is 120 cm³/mol. The lowest BCUT2D eigenvalue weighted by atomic mass is 10.1.